The van der Waals surface area contributed by atoms with Gasteiger partial charge in [-0.1, -0.05) is 6.07 Å². The van der Waals surface area contributed by atoms with E-state index in [1.807, 2.05) is 24.4 Å². The summed E-state index contributed by atoms with van der Waals surface area (Å²) >= 11 is 1.80. The van der Waals surface area contributed by atoms with Crippen LogP contribution in [0.25, 0.3) is 0 Å². The first-order chi connectivity index (χ1) is 8.16. The molecule has 2 aromatic rings. The van der Waals surface area contributed by atoms with Crippen LogP contribution >= 0.6 is 11.8 Å². The maximum atomic E-state index is 5.74. The first-order valence-corrected chi connectivity index (χ1v) is 6.55. The van der Waals surface area contributed by atoms with E-state index in [9.17, 15) is 0 Å². The van der Waals surface area contributed by atoms with Crippen molar-refractivity contribution >= 4 is 17.4 Å². The second kappa shape index (κ2) is 5.23. The van der Waals surface area contributed by atoms with E-state index in [4.69, 9.17) is 5.73 Å². The van der Waals surface area contributed by atoms with Crippen LogP contribution in [0.3, 0.4) is 0 Å². The van der Waals surface area contributed by atoms with Crippen LogP contribution in [0.15, 0.2) is 41.4 Å². The number of hydrogen-bond donors (Lipinski definition) is 1. The molecule has 0 aliphatic rings. The maximum Gasteiger partial charge on any atom is 0.0535 e. The Morgan fingerprint density at radius 1 is 1.18 bits per heavy atom. The Hall–Kier alpha value is -1.48. The second-order valence-corrected chi connectivity index (χ2v) is 5.10. The fourth-order valence-corrected chi connectivity index (χ4v) is 2.70. The third-order valence-electron chi connectivity index (χ3n) is 2.68. The van der Waals surface area contributed by atoms with Gasteiger partial charge in [-0.3, -0.25) is 4.98 Å². The zero-order valence-electron chi connectivity index (χ0n) is 10.1. The van der Waals surface area contributed by atoms with E-state index < -0.39 is 0 Å². The molecule has 0 saturated carbocycles. The zero-order chi connectivity index (χ0) is 12.3. The van der Waals surface area contributed by atoms with Gasteiger partial charge in [0.05, 0.1) is 5.69 Å². The van der Waals surface area contributed by atoms with Crippen LogP contribution in [-0.4, -0.2) is 4.98 Å². The molecule has 0 radical (unpaired) electrons. The van der Waals surface area contributed by atoms with Crippen molar-refractivity contribution in [1.82, 2.24) is 4.98 Å². The molecular formula is C14H16N2S. The summed E-state index contributed by atoms with van der Waals surface area (Å²) in [6.45, 7) is 4.18. The Morgan fingerprint density at radius 3 is 2.71 bits per heavy atom. The van der Waals surface area contributed by atoms with Crippen molar-refractivity contribution in [3.05, 3.63) is 53.3 Å². The second-order valence-electron chi connectivity index (χ2n) is 4.08. The van der Waals surface area contributed by atoms with Gasteiger partial charge in [-0.05, 0) is 49.2 Å². The largest absolute Gasteiger partial charge is 0.399 e. The van der Waals surface area contributed by atoms with Crippen molar-refractivity contribution in [1.29, 1.82) is 0 Å². The molecular weight excluding hydrogens is 228 g/mol. The monoisotopic (exact) mass is 244 g/mol. The quantitative estimate of drug-likeness (QED) is 0.662. The lowest BCUT2D eigenvalue weighted by Crippen LogP contribution is -1.92. The predicted octanol–water partition coefficient (Wildman–Crippen LogP) is 3.57. The van der Waals surface area contributed by atoms with E-state index in [1.54, 1.807) is 11.8 Å². The van der Waals surface area contributed by atoms with Crippen LogP contribution in [-0.2, 0) is 5.75 Å². The van der Waals surface area contributed by atoms with Crippen molar-refractivity contribution in [3.8, 4) is 0 Å². The molecule has 0 saturated heterocycles. The number of nitrogen functional groups attached to an aromatic ring is 1. The standard InChI is InChI=1S/C14H16N2S/c1-10-4-3-7-16-13(10)9-17-14-6-5-12(15)8-11(14)2/h3-8H,9,15H2,1-2H3. The summed E-state index contributed by atoms with van der Waals surface area (Å²) in [7, 11) is 0. The highest BCUT2D eigenvalue weighted by Gasteiger charge is 2.03. The van der Waals surface area contributed by atoms with Gasteiger partial charge in [-0.2, -0.15) is 0 Å². The minimum Gasteiger partial charge on any atom is -0.399 e. The molecule has 1 aromatic carbocycles. The van der Waals surface area contributed by atoms with Gasteiger partial charge in [-0.25, -0.2) is 0 Å². The van der Waals surface area contributed by atoms with Crippen LogP contribution in [0, 0.1) is 13.8 Å². The average molecular weight is 244 g/mol. The Bertz CT molecular complexity index is 523. The van der Waals surface area contributed by atoms with Gasteiger partial charge < -0.3 is 5.73 Å². The number of nitrogens with two attached hydrogens (primary N) is 1. The summed E-state index contributed by atoms with van der Waals surface area (Å²) in [4.78, 5) is 5.66. The van der Waals surface area contributed by atoms with Crippen LogP contribution in [0.1, 0.15) is 16.8 Å². The van der Waals surface area contributed by atoms with E-state index >= 15 is 0 Å². The van der Waals surface area contributed by atoms with E-state index in [2.05, 4.69) is 31.0 Å². The Kier molecular flexibility index (Phi) is 3.69. The molecule has 2 nitrogen and oxygen atoms in total. The Morgan fingerprint density at radius 2 is 2.00 bits per heavy atom. The van der Waals surface area contributed by atoms with Crippen LogP contribution in [0.2, 0.25) is 0 Å². The normalized spacial score (nSPS) is 10.5. The summed E-state index contributed by atoms with van der Waals surface area (Å²) in [5, 5.41) is 0. The third kappa shape index (κ3) is 3.01. The van der Waals surface area contributed by atoms with Gasteiger partial charge in [0, 0.05) is 22.5 Å². The third-order valence-corrected chi connectivity index (χ3v) is 3.87. The molecule has 1 aromatic heterocycles. The topological polar surface area (TPSA) is 38.9 Å². The van der Waals surface area contributed by atoms with Crippen molar-refractivity contribution < 1.29 is 0 Å². The molecule has 3 heteroatoms. The number of hydrogen-bond acceptors (Lipinski definition) is 3. The molecule has 0 atom stereocenters. The summed E-state index contributed by atoms with van der Waals surface area (Å²) in [6, 6.07) is 10.1. The van der Waals surface area contributed by atoms with Crippen molar-refractivity contribution in [3.63, 3.8) is 0 Å². The van der Waals surface area contributed by atoms with Crippen molar-refractivity contribution in [2.75, 3.05) is 5.73 Å². The fraction of sp³-hybridized carbons (Fsp3) is 0.214. The van der Waals surface area contributed by atoms with E-state index in [0.29, 0.717) is 0 Å². The molecule has 0 unspecified atom stereocenters. The molecule has 88 valence electrons. The predicted molar refractivity (Wildman–Crippen MR) is 74.1 cm³/mol. The highest BCUT2D eigenvalue weighted by molar-refractivity contribution is 7.98. The first kappa shape index (κ1) is 12.0. The minimum absolute atomic E-state index is 0.820. The zero-order valence-corrected chi connectivity index (χ0v) is 10.9. The lowest BCUT2D eigenvalue weighted by molar-refractivity contribution is 1.12. The number of rotatable bonds is 3. The SMILES string of the molecule is Cc1cc(N)ccc1SCc1ncccc1C. The van der Waals surface area contributed by atoms with Crippen LogP contribution in [0.5, 0.6) is 0 Å². The van der Waals surface area contributed by atoms with Crippen LogP contribution in [0.4, 0.5) is 5.69 Å². The van der Waals surface area contributed by atoms with Crippen molar-refractivity contribution in [2.45, 2.75) is 24.5 Å². The lowest BCUT2D eigenvalue weighted by atomic mass is 10.2. The number of benzene rings is 1. The number of nitrogens with zero attached hydrogens (tertiary/aromatic N) is 1. The van der Waals surface area contributed by atoms with Gasteiger partial charge in [0.1, 0.15) is 0 Å². The summed E-state index contributed by atoms with van der Waals surface area (Å²) in [6.07, 6.45) is 1.85. The molecule has 0 aliphatic carbocycles. The molecule has 0 aliphatic heterocycles. The average Bonchev–Trinajstić information content (AvgIpc) is 2.30. The smallest absolute Gasteiger partial charge is 0.0535 e. The van der Waals surface area contributed by atoms with E-state index in [-0.39, 0.29) is 0 Å². The molecule has 2 rings (SSSR count). The van der Waals surface area contributed by atoms with Crippen molar-refractivity contribution in [2.24, 2.45) is 0 Å². The summed E-state index contributed by atoms with van der Waals surface area (Å²) < 4.78 is 0. The number of thioether (sulfide) groups is 1. The molecule has 0 bridgehead atoms. The van der Waals surface area contributed by atoms with E-state index in [1.165, 1.54) is 16.0 Å². The van der Waals surface area contributed by atoms with Crippen LogP contribution < -0.4 is 5.73 Å². The maximum absolute atomic E-state index is 5.74. The Balaban J connectivity index is 2.10. The number of aryl methyl sites for hydroxylation is 2. The highest BCUT2D eigenvalue weighted by atomic mass is 32.2. The molecule has 2 N–H and O–H groups in total. The lowest BCUT2D eigenvalue weighted by Gasteiger charge is -2.07. The van der Waals surface area contributed by atoms with Gasteiger partial charge in [0.15, 0.2) is 0 Å². The summed E-state index contributed by atoms with van der Waals surface area (Å²) in [5.41, 5.74) is 10.2. The summed E-state index contributed by atoms with van der Waals surface area (Å²) in [5.74, 6) is 0.900. The Labute approximate surface area is 106 Å². The highest BCUT2D eigenvalue weighted by Crippen LogP contribution is 2.27. The first-order valence-electron chi connectivity index (χ1n) is 5.56. The van der Waals surface area contributed by atoms with Gasteiger partial charge in [-0.15, -0.1) is 11.8 Å². The number of aromatic nitrogens is 1. The number of anilines is 1. The molecule has 1 heterocycles. The van der Waals surface area contributed by atoms with Gasteiger partial charge in [0.2, 0.25) is 0 Å². The molecule has 0 fully saturated rings. The minimum atomic E-state index is 0.820. The van der Waals surface area contributed by atoms with Gasteiger partial charge >= 0.3 is 0 Å². The van der Waals surface area contributed by atoms with E-state index in [0.717, 1.165) is 17.1 Å². The molecule has 0 spiro atoms. The van der Waals surface area contributed by atoms with Gasteiger partial charge in [0.25, 0.3) is 0 Å². The molecule has 17 heavy (non-hydrogen) atoms. The number of pyridine rings is 1. The fourth-order valence-electron chi connectivity index (χ4n) is 1.65. The molecule has 0 amide bonds.